The van der Waals surface area contributed by atoms with Crippen molar-refractivity contribution in [3.8, 4) is 0 Å². The van der Waals surface area contributed by atoms with Crippen molar-refractivity contribution in [3.63, 3.8) is 0 Å². The molecule has 2 aromatic carbocycles. The number of nitrogens with one attached hydrogen (secondary N) is 1. The van der Waals surface area contributed by atoms with Gasteiger partial charge in [-0.25, -0.2) is 0 Å². The minimum absolute atomic E-state index is 0.0648. The Bertz CT molecular complexity index is 1110. The fourth-order valence-electron chi connectivity index (χ4n) is 5.15. The second-order valence-corrected chi connectivity index (χ2v) is 10.7. The van der Waals surface area contributed by atoms with Gasteiger partial charge in [0, 0.05) is 31.0 Å². The van der Waals surface area contributed by atoms with Crippen LogP contribution in [0.3, 0.4) is 0 Å². The van der Waals surface area contributed by atoms with Gasteiger partial charge in [-0.05, 0) is 61.3 Å². The fourth-order valence-corrected chi connectivity index (χ4v) is 5.36. The van der Waals surface area contributed by atoms with E-state index in [2.05, 4.69) is 10.2 Å². The zero-order chi connectivity index (χ0) is 28.0. The average Bonchev–Trinajstić information content (AvgIpc) is 3.42. The highest BCUT2D eigenvalue weighted by Crippen LogP contribution is 2.36. The van der Waals surface area contributed by atoms with Gasteiger partial charge in [0.25, 0.3) is 5.91 Å². The van der Waals surface area contributed by atoms with Crippen LogP contribution in [0, 0.1) is 0 Å². The van der Waals surface area contributed by atoms with E-state index < -0.39 is 41.6 Å². The summed E-state index contributed by atoms with van der Waals surface area (Å²) in [5.41, 5.74) is -1.49. The molecule has 1 amide bonds. The second-order valence-electron chi connectivity index (χ2n) is 10.2. The van der Waals surface area contributed by atoms with Gasteiger partial charge in [-0.2, -0.15) is 13.2 Å². The molecular weight excluding hydrogens is 537 g/mol. The lowest BCUT2D eigenvalue weighted by atomic mass is 9.78. The molecule has 214 valence electrons. The number of aliphatic hydroxyl groups is 2. The van der Waals surface area contributed by atoms with Crippen molar-refractivity contribution >= 4 is 17.5 Å². The number of alkyl halides is 3. The van der Waals surface area contributed by atoms with Gasteiger partial charge in [0.2, 0.25) is 0 Å². The fraction of sp³-hybridized carbons (Fsp3) is 0.536. The first-order valence-corrected chi connectivity index (χ1v) is 13.5. The van der Waals surface area contributed by atoms with Crippen LogP contribution in [0.25, 0.3) is 0 Å². The molecule has 1 unspecified atom stereocenters. The van der Waals surface area contributed by atoms with Crippen LogP contribution in [0.2, 0.25) is 5.02 Å². The molecule has 2 aromatic rings. The third-order valence-electron chi connectivity index (χ3n) is 7.29. The number of carbonyl (C=O) groups is 1. The van der Waals surface area contributed by atoms with Gasteiger partial charge in [-0.1, -0.05) is 35.9 Å². The molecule has 1 saturated carbocycles. The third-order valence-corrected chi connectivity index (χ3v) is 7.53. The largest absolute Gasteiger partial charge is 0.416 e. The number of aliphatic hydroxyl groups excluding tert-OH is 2. The molecule has 4 atom stereocenters. The number of amides is 1. The Kier molecular flexibility index (Phi) is 9.90. The molecule has 2 aliphatic rings. The van der Waals surface area contributed by atoms with Gasteiger partial charge in [-0.15, -0.1) is 0 Å². The Morgan fingerprint density at radius 2 is 1.74 bits per heavy atom. The molecule has 11 heteroatoms. The number of rotatable bonds is 10. The van der Waals surface area contributed by atoms with Gasteiger partial charge in [0.15, 0.2) is 5.60 Å². The van der Waals surface area contributed by atoms with Crippen LogP contribution in [-0.4, -0.2) is 71.1 Å². The summed E-state index contributed by atoms with van der Waals surface area (Å²) in [5, 5.41) is 24.8. The second kappa shape index (κ2) is 13.0. The first-order valence-electron chi connectivity index (χ1n) is 13.1. The maximum Gasteiger partial charge on any atom is 0.416 e. The lowest BCUT2D eigenvalue weighted by Gasteiger charge is -2.44. The van der Waals surface area contributed by atoms with Crippen LogP contribution in [-0.2, 0) is 33.7 Å². The van der Waals surface area contributed by atoms with Crippen molar-refractivity contribution in [2.75, 3.05) is 26.2 Å². The maximum absolute atomic E-state index is 13.6. The molecule has 3 N–H and O–H groups in total. The summed E-state index contributed by atoms with van der Waals surface area (Å²) in [7, 11) is 0. The van der Waals surface area contributed by atoms with E-state index in [1.165, 1.54) is 12.1 Å². The summed E-state index contributed by atoms with van der Waals surface area (Å²) < 4.78 is 51.7. The summed E-state index contributed by atoms with van der Waals surface area (Å²) in [6, 6.07) is 11.7. The lowest BCUT2D eigenvalue weighted by molar-refractivity contribution is -0.200. The normalized spacial score (nSPS) is 26.1. The van der Waals surface area contributed by atoms with Crippen molar-refractivity contribution < 1.29 is 37.7 Å². The molecule has 4 rings (SSSR count). The Labute approximate surface area is 230 Å². The zero-order valence-corrected chi connectivity index (χ0v) is 22.3. The standard InChI is InChI=1S/C28H34ClF3N2O5/c29-22-8-4-6-20(14-22)17-38-24-16-27(15-23(35)25(24)36,26(37)33-9-12-34-10-1-2-11-34)39-18-19-5-3-7-21(13-19)28(30,31)32/h3-8,13-14,23-25,35-36H,1-2,9-12,15-18H2,(H,33,37)/t23-,24?,25-,27+/m1/s1. The Balaban J connectivity index is 1.51. The Morgan fingerprint density at radius 3 is 2.44 bits per heavy atom. The molecule has 1 saturated heterocycles. The van der Waals surface area contributed by atoms with E-state index in [9.17, 15) is 28.2 Å². The van der Waals surface area contributed by atoms with E-state index in [4.69, 9.17) is 21.1 Å². The van der Waals surface area contributed by atoms with Crippen molar-refractivity contribution in [3.05, 3.63) is 70.2 Å². The number of ether oxygens (including phenoxy) is 2. The lowest BCUT2D eigenvalue weighted by Crippen LogP contribution is -2.61. The van der Waals surface area contributed by atoms with Crippen LogP contribution in [0.1, 0.15) is 42.4 Å². The molecule has 7 nitrogen and oxygen atoms in total. The first-order chi connectivity index (χ1) is 18.6. The number of hydrogen-bond acceptors (Lipinski definition) is 6. The van der Waals surface area contributed by atoms with E-state index in [1.54, 1.807) is 24.3 Å². The van der Waals surface area contributed by atoms with Gasteiger partial charge < -0.3 is 29.9 Å². The predicted octanol–water partition coefficient (Wildman–Crippen LogP) is 3.93. The zero-order valence-electron chi connectivity index (χ0n) is 21.5. The van der Waals surface area contributed by atoms with E-state index in [1.807, 2.05) is 0 Å². The summed E-state index contributed by atoms with van der Waals surface area (Å²) >= 11 is 6.05. The number of carbonyl (C=O) groups excluding carboxylic acids is 1. The molecule has 0 bridgehead atoms. The van der Waals surface area contributed by atoms with Crippen molar-refractivity contribution in [2.24, 2.45) is 0 Å². The van der Waals surface area contributed by atoms with E-state index in [-0.39, 0.29) is 31.6 Å². The van der Waals surface area contributed by atoms with Crippen LogP contribution in [0.4, 0.5) is 13.2 Å². The maximum atomic E-state index is 13.6. The molecule has 0 spiro atoms. The van der Waals surface area contributed by atoms with Crippen LogP contribution in [0.15, 0.2) is 48.5 Å². The number of halogens is 4. The minimum atomic E-state index is -4.52. The predicted molar refractivity (Wildman–Crippen MR) is 139 cm³/mol. The molecule has 1 heterocycles. The summed E-state index contributed by atoms with van der Waals surface area (Å²) in [6.07, 6.45) is -6.26. The van der Waals surface area contributed by atoms with E-state index >= 15 is 0 Å². The molecule has 39 heavy (non-hydrogen) atoms. The SMILES string of the molecule is O=C(NCCN1CCCC1)[C@@]1(OCc2cccc(C(F)(F)F)c2)CC(OCc2cccc(Cl)c2)[C@H](O)[C@H](O)C1. The average molecular weight is 571 g/mol. The highest BCUT2D eigenvalue weighted by Gasteiger charge is 2.51. The monoisotopic (exact) mass is 570 g/mol. The van der Waals surface area contributed by atoms with Crippen LogP contribution >= 0.6 is 11.6 Å². The minimum Gasteiger partial charge on any atom is -0.390 e. The number of benzene rings is 2. The van der Waals surface area contributed by atoms with Crippen LogP contribution < -0.4 is 5.32 Å². The Hall–Kier alpha value is -2.21. The van der Waals surface area contributed by atoms with Gasteiger partial charge in [-0.3, -0.25) is 4.79 Å². The Morgan fingerprint density at radius 1 is 1.05 bits per heavy atom. The molecule has 1 aliphatic heterocycles. The smallest absolute Gasteiger partial charge is 0.390 e. The highest BCUT2D eigenvalue weighted by molar-refractivity contribution is 6.30. The molecular formula is C28H34ClF3N2O5. The first kappa shape index (κ1) is 29.8. The van der Waals surface area contributed by atoms with E-state index in [0.29, 0.717) is 18.1 Å². The van der Waals surface area contributed by atoms with Gasteiger partial charge in [0.1, 0.15) is 6.10 Å². The number of likely N-dealkylation sites (tertiary alicyclic amines) is 1. The molecule has 0 radical (unpaired) electrons. The summed E-state index contributed by atoms with van der Waals surface area (Å²) in [5.74, 6) is -0.504. The van der Waals surface area contributed by atoms with Gasteiger partial charge in [0.05, 0.1) is 31.0 Å². The summed E-state index contributed by atoms with van der Waals surface area (Å²) in [6.45, 7) is 2.67. The van der Waals surface area contributed by atoms with Crippen molar-refractivity contribution in [2.45, 2.75) is 69.0 Å². The highest BCUT2D eigenvalue weighted by atomic mass is 35.5. The molecule has 1 aliphatic carbocycles. The van der Waals surface area contributed by atoms with Gasteiger partial charge >= 0.3 is 6.18 Å². The van der Waals surface area contributed by atoms with Crippen LogP contribution in [0.5, 0.6) is 0 Å². The quantitative estimate of drug-likeness (QED) is 0.401. The van der Waals surface area contributed by atoms with Crippen molar-refractivity contribution in [1.29, 1.82) is 0 Å². The number of hydrogen-bond donors (Lipinski definition) is 3. The summed E-state index contributed by atoms with van der Waals surface area (Å²) in [4.78, 5) is 15.8. The van der Waals surface area contributed by atoms with Crippen molar-refractivity contribution in [1.82, 2.24) is 10.2 Å². The number of nitrogens with zero attached hydrogens (tertiary/aromatic N) is 1. The third kappa shape index (κ3) is 7.93. The molecule has 0 aromatic heterocycles. The topological polar surface area (TPSA) is 91.3 Å². The molecule has 2 fully saturated rings. The van der Waals surface area contributed by atoms with E-state index in [0.717, 1.165) is 43.6 Å².